The second-order valence-electron chi connectivity index (χ2n) is 4.19. The first-order valence-electron chi connectivity index (χ1n) is 5.41. The van der Waals surface area contributed by atoms with Crippen molar-refractivity contribution in [1.29, 1.82) is 0 Å². The Bertz CT molecular complexity index is 394. The topological polar surface area (TPSA) is 64.3 Å². The number of halogens is 1. The number of carbonyl (C=O) groups excluding carboxylic acids is 1. The molecule has 3 N–H and O–H groups in total. The molecule has 0 saturated carbocycles. The normalized spacial score (nSPS) is 10.6. The lowest BCUT2D eigenvalue weighted by atomic mass is 10.1. The number of benzene rings is 1. The third kappa shape index (κ3) is 4.13. The minimum atomic E-state index is -0.449. The average Bonchev–Trinajstić information content (AvgIpc) is 2.30. The minimum absolute atomic E-state index is 0.149. The number of amides is 1. The highest BCUT2D eigenvalue weighted by Gasteiger charge is 2.09. The summed E-state index contributed by atoms with van der Waals surface area (Å²) in [6, 6.07) is 4.06. The van der Waals surface area contributed by atoms with E-state index in [4.69, 9.17) is 10.6 Å². The SMILES string of the molecule is CC(C)COCc1cc(C(=O)NN)ccc1F. The van der Waals surface area contributed by atoms with Crippen LogP contribution in [0.25, 0.3) is 0 Å². The van der Waals surface area contributed by atoms with Crippen LogP contribution in [0.5, 0.6) is 0 Å². The van der Waals surface area contributed by atoms with Crippen molar-refractivity contribution >= 4 is 5.91 Å². The Morgan fingerprint density at radius 2 is 2.24 bits per heavy atom. The zero-order valence-electron chi connectivity index (χ0n) is 10.00. The van der Waals surface area contributed by atoms with Crippen LogP contribution in [0.15, 0.2) is 18.2 Å². The highest BCUT2D eigenvalue weighted by atomic mass is 19.1. The molecule has 4 nitrogen and oxygen atoms in total. The maximum absolute atomic E-state index is 13.4. The molecule has 0 aliphatic heterocycles. The lowest BCUT2D eigenvalue weighted by Gasteiger charge is -2.09. The van der Waals surface area contributed by atoms with Gasteiger partial charge in [-0.05, 0) is 24.1 Å². The number of hydrogen-bond donors (Lipinski definition) is 2. The fourth-order valence-corrected chi connectivity index (χ4v) is 1.31. The first-order chi connectivity index (χ1) is 8.04. The van der Waals surface area contributed by atoms with Gasteiger partial charge in [0.1, 0.15) is 5.82 Å². The molecule has 0 radical (unpaired) electrons. The van der Waals surface area contributed by atoms with Crippen molar-refractivity contribution in [3.63, 3.8) is 0 Å². The number of carbonyl (C=O) groups is 1. The first-order valence-corrected chi connectivity index (χ1v) is 5.41. The quantitative estimate of drug-likeness (QED) is 0.467. The van der Waals surface area contributed by atoms with Crippen LogP contribution in [0.2, 0.25) is 0 Å². The Balaban J connectivity index is 2.73. The first kappa shape index (κ1) is 13.6. The van der Waals surface area contributed by atoms with Gasteiger partial charge in [0.25, 0.3) is 5.91 Å². The molecule has 0 unspecified atom stereocenters. The van der Waals surface area contributed by atoms with E-state index in [-0.39, 0.29) is 12.4 Å². The van der Waals surface area contributed by atoms with Gasteiger partial charge in [-0.1, -0.05) is 13.8 Å². The van der Waals surface area contributed by atoms with Gasteiger partial charge in [-0.15, -0.1) is 0 Å². The summed E-state index contributed by atoms with van der Waals surface area (Å²) >= 11 is 0. The molecule has 1 aromatic carbocycles. The number of nitrogens with two attached hydrogens (primary N) is 1. The van der Waals surface area contributed by atoms with Gasteiger partial charge in [-0.25, -0.2) is 10.2 Å². The molecular formula is C12H17FN2O2. The highest BCUT2D eigenvalue weighted by Crippen LogP contribution is 2.12. The monoisotopic (exact) mass is 240 g/mol. The molecule has 1 aromatic rings. The van der Waals surface area contributed by atoms with E-state index >= 15 is 0 Å². The van der Waals surface area contributed by atoms with E-state index in [1.54, 1.807) is 0 Å². The molecule has 0 saturated heterocycles. The fraction of sp³-hybridized carbons (Fsp3) is 0.417. The second-order valence-corrected chi connectivity index (χ2v) is 4.19. The van der Waals surface area contributed by atoms with E-state index in [9.17, 15) is 9.18 Å². The molecule has 0 bridgehead atoms. The molecule has 0 atom stereocenters. The summed E-state index contributed by atoms with van der Waals surface area (Å²) in [5.74, 6) is 4.55. The molecule has 1 amide bonds. The molecule has 5 heteroatoms. The molecule has 0 aromatic heterocycles. The molecule has 1 rings (SSSR count). The molecule has 0 heterocycles. The number of nitrogens with one attached hydrogen (secondary N) is 1. The van der Waals surface area contributed by atoms with Crippen LogP contribution in [-0.2, 0) is 11.3 Å². The molecule has 0 fully saturated rings. The van der Waals surface area contributed by atoms with Gasteiger partial charge in [0.05, 0.1) is 6.61 Å². The van der Waals surface area contributed by atoms with Crippen molar-refractivity contribution in [2.75, 3.05) is 6.61 Å². The fourth-order valence-electron chi connectivity index (χ4n) is 1.31. The minimum Gasteiger partial charge on any atom is -0.376 e. The molecule has 0 aliphatic carbocycles. The summed E-state index contributed by atoms with van der Waals surface area (Å²) in [4.78, 5) is 11.3. The lowest BCUT2D eigenvalue weighted by molar-refractivity contribution is 0.0936. The van der Waals surface area contributed by atoms with Crippen LogP contribution in [0.4, 0.5) is 4.39 Å². The Labute approximate surface area is 99.9 Å². The van der Waals surface area contributed by atoms with E-state index in [0.29, 0.717) is 23.7 Å². The van der Waals surface area contributed by atoms with Crippen molar-refractivity contribution in [3.05, 3.63) is 35.1 Å². The van der Waals surface area contributed by atoms with Gasteiger partial charge in [-0.3, -0.25) is 10.2 Å². The van der Waals surface area contributed by atoms with Gasteiger partial charge in [0.15, 0.2) is 0 Å². The Hall–Kier alpha value is -1.46. The predicted octanol–water partition coefficient (Wildman–Crippen LogP) is 1.60. The lowest BCUT2D eigenvalue weighted by Crippen LogP contribution is -2.30. The maximum atomic E-state index is 13.4. The van der Waals surface area contributed by atoms with Gasteiger partial charge < -0.3 is 4.74 Å². The van der Waals surface area contributed by atoms with Crippen LogP contribution >= 0.6 is 0 Å². The van der Waals surface area contributed by atoms with Crippen molar-refractivity contribution in [2.45, 2.75) is 20.5 Å². The molecule has 0 spiro atoms. The third-order valence-electron chi connectivity index (χ3n) is 2.15. The molecule has 94 valence electrons. The van der Waals surface area contributed by atoms with Crippen LogP contribution in [0, 0.1) is 11.7 Å². The van der Waals surface area contributed by atoms with E-state index in [1.807, 2.05) is 19.3 Å². The largest absolute Gasteiger partial charge is 0.376 e. The maximum Gasteiger partial charge on any atom is 0.265 e. The summed E-state index contributed by atoms with van der Waals surface area (Å²) in [5, 5.41) is 0. The standard InChI is InChI=1S/C12H17FN2O2/c1-8(2)6-17-7-10-5-9(12(16)15-14)3-4-11(10)13/h3-5,8H,6-7,14H2,1-2H3,(H,15,16). The summed E-state index contributed by atoms with van der Waals surface area (Å²) < 4.78 is 18.7. The zero-order chi connectivity index (χ0) is 12.8. The highest BCUT2D eigenvalue weighted by molar-refractivity contribution is 5.93. The number of nitrogen functional groups attached to an aromatic ring is 1. The number of rotatable bonds is 5. The summed E-state index contributed by atoms with van der Waals surface area (Å²) in [6.07, 6.45) is 0. The van der Waals surface area contributed by atoms with Crippen LogP contribution in [-0.4, -0.2) is 12.5 Å². The predicted molar refractivity (Wildman–Crippen MR) is 62.5 cm³/mol. The van der Waals surface area contributed by atoms with Crippen LogP contribution in [0.1, 0.15) is 29.8 Å². The summed E-state index contributed by atoms with van der Waals surface area (Å²) in [6.45, 7) is 4.71. The van der Waals surface area contributed by atoms with Gasteiger partial charge in [-0.2, -0.15) is 0 Å². The number of hydrogen-bond acceptors (Lipinski definition) is 3. The van der Waals surface area contributed by atoms with Gasteiger partial charge in [0.2, 0.25) is 0 Å². The Kier molecular flexibility index (Phi) is 5.06. The van der Waals surface area contributed by atoms with Crippen LogP contribution < -0.4 is 11.3 Å². The average molecular weight is 240 g/mol. The smallest absolute Gasteiger partial charge is 0.265 e. The summed E-state index contributed by atoms with van der Waals surface area (Å²) in [5.41, 5.74) is 2.67. The third-order valence-corrected chi connectivity index (χ3v) is 2.15. The van der Waals surface area contributed by atoms with Crippen molar-refractivity contribution in [3.8, 4) is 0 Å². The second kappa shape index (κ2) is 6.32. The molecular weight excluding hydrogens is 223 g/mol. The van der Waals surface area contributed by atoms with E-state index in [1.165, 1.54) is 18.2 Å². The van der Waals surface area contributed by atoms with Gasteiger partial charge in [0, 0.05) is 17.7 Å². The van der Waals surface area contributed by atoms with Gasteiger partial charge >= 0.3 is 0 Å². The summed E-state index contributed by atoms with van der Waals surface area (Å²) in [7, 11) is 0. The van der Waals surface area contributed by atoms with Crippen LogP contribution in [0.3, 0.4) is 0 Å². The van der Waals surface area contributed by atoms with Crippen molar-refractivity contribution in [2.24, 2.45) is 11.8 Å². The zero-order valence-corrected chi connectivity index (χ0v) is 10.00. The van der Waals surface area contributed by atoms with Crippen molar-refractivity contribution < 1.29 is 13.9 Å². The molecule has 0 aliphatic rings. The number of ether oxygens (including phenoxy) is 1. The molecule has 17 heavy (non-hydrogen) atoms. The van der Waals surface area contributed by atoms with E-state index in [0.717, 1.165) is 0 Å². The van der Waals surface area contributed by atoms with Crippen molar-refractivity contribution in [1.82, 2.24) is 5.43 Å². The van der Waals surface area contributed by atoms with E-state index < -0.39 is 5.91 Å². The Morgan fingerprint density at radius 1 is 1.53 bits per heavy atom. The Morgan fingerprint density at radius 3 is 2.82 bits per heavy atom. The van der Waals surface area contributed by atoms with E-state index in [2.05, 4.69) is 0 Å². The number of hydrazine groups is 1.